The van der Waals surface area contributed by atoms with Crippen molar-refractivity contribution in [1.29, 1.82) is 0 Å². The number of rotatable bonds is 7. The number of nitrogens with zero attached hydrogens (tertiary/aromatic N) is 1. The summed E-state index contributed by atoms with van der Waals surface area (Å²) in [5, 5.41) is 6.75. The molecule has 1 aromatic rings. The zero-order valence-electron chi connectivity index (χ0n) is 13.9. The molecule has 1 N–H and O–H groups in total. The van der Waals surface area contributed by atoms with Gasteiger partial charge in [0.15, 0.2) is 0 Å². The SMILES string of the molecule is CC(C)CNCc1nc(COC2CC(C)CC(C)C2)cs1. The number of aromatic nitrogens is 1. The van der Waals surface area contributed by atoms with Crippen molar-refractivity contribution in [2.75, 3.05) is 6.54 Å². The minimum absolute atomic E-state index is 0.424. The van der Waals surface area contributed by atoms with Gasteiger partial charge in [0.2, 0.25) is 0 Å². The smallest absolute Gasteiger partial charge is 0.107 e. The molecule has 0 aromatic carbocycles. The fourth-order valence-electron chi connectivity index (χ4n) is 3.18. The molecule has 120 valence electrons. The third kappa shape index (κ3) is 6.05. The van der Waals surface area contributed by atoms with Crippen LogP contribution in [0.4, 0.5) is 0 Å². The van der Waals surface area contributed by atoms with E-state index in [-0.39, 0.29) is 0 Å². The van der Waals surface area contributed by atoms with E-state index in [1.807, 2.05) is 0 Å². The summed E-state index contributed by atoms with van der Waals surface area (Å²) in [4.78, 5) is 4.66. The summed E-state index contributed by atoms with van der Waals surface area (Å²) in [5.41, 5.74) is 1.09. The summed E-state index contributed by atoms with van der Waals surface area (Å²) in [6, 6.07) is 0. The van der Waals surface area contributed by atoms with Crippen LogP contribution in [0.25, 0.3) is 0 Å². The molecule has 1 saturated carbocycles. The Morgan fingerprint density at radius 1 is 1.29 bits per heavy atom. The lowest BCUT2D eigenvalue weighted by Crippen LogP contribution is -2.26. The standard InChI is InChI=1S/C17H30N2OS/c1-12(2)8-18-9-17-19-15(11-21-17)10-20-16-6-13(3)5-14(4)7-16/h11-14,16,18H,5-10H2,1-4H3. The number of nitrogens with one attached hydrogen (secondary N) is 1. The monoisotopic (exact) mass is 310 g/mol. The molecule has 0 spiro atoms. The van der Waals surface area contributed by atoms with Crippen molar-refractivity contribution in [2.45, 2.75) is 66.2 Å². The van der Waals surface area contributed by atoms with E-state index in [0.29, 0.717) is 18.6 Å². The summed E-state index contributed by atoms with van der Waals surface area (Å²) >= 11 is 1.74. The first-order chi connectivity index (χ1) is 10.0. The maximum absolute atomic E-state index is 6.09. The molecule has 1 aliphatic carbocycles. The number of hydrogen-bond donors (Lipinski definition) is 1. The molecule has 4 heteroatoms. The second kappa shape index (κ2) is 8.25. The molecule has 3 nitrogen and oxygen atoms in total. The van der Waals surface area contributed by atoms with Crippen LogP contribution in [0.5, 0.6) is 0 Å². The Morgan fingerprint density at radius 3 is 2.67 bits per heavy atom. The molecule has 1 aliphatic rings. The van der Waals surface area contributed by atoms with Crippen LogP contribution in [-0.2, 0) is 17.9 Å². The molecule has 0 saturated heterocycles. The van der Waals surface area contributed by atoms with Gasteiger partial charge in [-0.1, -0.05) is 27.7 Å². The van der Waals surface area contributed by atoms with Gasteiger partial charge in [-0.3, -0.25) is 0 Å². The summed E-state index contributed by atoms with van der Waals surface area (Å²) in [5.74, 6) is 2.28. The lowest BCUT2D eigenvalue weighted by Gasteiger charge is -2.31. The zero-order chi connectivity index (χ0) is 15.2. The molecule has 1 heterocycles. The third-order valence-electron chi connectivity index (χ3n) is 4.03. The molecule has 1 aromatic heterocycles. The molecule has 1 fully saturated rings. The topological polar surface area (TPSA) is 34.2 Å². The molecule has 0 radical (unpaired) electrons. The lowest BCUT2D eigenvalue weighted by atomic mass is 9.82. The van der Waals surface area contributed by atoms with Gasteiger partial charge in [0.1, 0.15) is 5.01 Å². The largest absolute Gasteiger partial charge is 0.372 e. The quantitative estimate of drug-likeness (QED) is 0.818. The highest BCUT2D eigenvalue weighted by Gasteiger charge is 2.24. The van der Waals surface area contributed by atoms with E-state index in [1.165, 1.54) is 24.3 Å². The van der Waals surface area contributed by atoms with Crippen LogP contribution >= 0.6 is 11.3 Å². The highest BCUT2D eigenvalue weighted by Crippen LogP contribution is 2.30. The van der Waals surface area contributed by atoms with Gasteiger partial charge in [-0.15, -0.1) is 11.3 Å². The molecule has 2 unspecified atom stereocenters. The van der Waals surface area contributed by atoms with Gasteiger partial charge < -0.3 is 10.1 Å². The first-order valence-electron chi connectivity index (χ1n) is 8.28. The van der Waals surface area contributed by atoms with Gasteiger partial charge in [-0.05, 0) is 43.6 Å². The zero-order valence-corrected chi connectivity index (χ0v) is 14.7. The maximum atomic E-state index is 6.09. The van der Waals surface area contributed by atoms with Crippen LogP contribution in [0.2, 0.25) is 0 Å². The minimum atomic E-state index is 0.424. The molecular formula is C17H30N2OS. The molecule has 2 rings (SSSR count). The first kappa shape index (κ1) is 16.9. The predicted octanol–water partition coefficient (Wildman–Crippen LogP) is 4.23. The predicted molar refractivity (Wildman–Crippen MR) is 89.4 cm³/mol. The first-order valence-corrected chi connectivity index (χ1v) is 9.16. The summed E-state index contributed by atoms with van der Waals surface area (Å²) < 4.78 is 6.09. The average molecular weight is 311 g/mol. The van der Waals surface area contributed by atoms with Crippen molar-refractivity contribution in [3.05, 3.63) is 16.1 Å². The second-order valence-corrected chi connectivity index (χ2v) is 8.05. The molecule has 0 aliphatic heterocycles. The van der Waals surface area contributed by atoms with Gasteiger partial charge in [0, 0.05) is 11.9 Å². The Balaban J connectivity index is 1.72. The van der Waals surface area contributed by atoms with Crippen molar-refractivity contribution in [2.24, 2.45) is 17.8 Å². The van der Waals surface area contributed by atoms with Gasteiger partial charge >= 0.3 is 0 Å². The minimum Gasteiger partial charge on any atom is -0.372 e. The highest BCUT2D eigenvalue weighted by atomic mass is 32.1. The molecule has 0 amide bonds. The van der Waals surface area contributed by atoms with Crippen molar-refractivity contribution >= 4 is 11.3 Å². The summed E-state index contributed by atoms with van der Waals surface area (Å²) in [7, 11) is 0. The summed E-state index contributed by atoms with van der Waals surface area (Å²) in [6.45, 7) is 11.7. The molecule has 0 bridgehead atoms. The van der Waals surface area contributed by atoms with E-state index < -0.39 is 0 Å². The van der Waals surface area contributed by atoms with Crippen molar-refractivity contribution in [3.63, 3.8) is 0 Å². The van der Waals surface area contributed by atoms with Crippen LogP contribution in [-0.4, -0.2) is 17.6 Å². The Labute approximate surface area is 133 Å². The van der Waals surface area contributed by atoms with Crippen LogP contribution in [0.15, 0.2) is 5.38 Å². The molecular weight excluding hydrogens is 280 g/mol. The van der Waals surface area contributed by atoms with Gasteiger partial charge in [0.25, 0.3) is 0 Å². The Morgan fingerprint density at radius 2 is 2.00 bits per heavy atom. The normalized spacial score (nSPS) is 26.4. The highest BCUT2D eigenvalue weighted by molar-refractivity contribution is 7.09. The van der Waals surface area contributed by atoms with Crippen LogP contribution in [0.1, 0.15) is 57.7 Å². The number of thiazole rings is 1. The Bertz CT molecular complexity index is 409. The van der Waals surface area contributed by atoms with Gasteiger partial charge in [0.05, 0.1) is 18.4 Å². The number of hydrogen-bond acceptors (Lipinski definition) is 4. The number of ether oxygens (including phenoxy) is 1. The van der Waals surface area contributed by atoms with Crippen molar-refractivity contribution in [1.82, 2.24) is 10.3 Å². The fourth-order valence-corrected chi connectivity index (χ4v) is 3.92. The van der Waals surface area contributed by atoms with Crippen LogP contribution < -0.4 is 5.32 Å². The summed E-state index contributed by atoms with van der Waals surface area (Å²) in [6.07, 6.45) is 4.18. The third-order valence-corrected chi connectivity index (χ3v) is 4.93. The average Bonchev–Trinajstić information content (AvgIpc) is 2.83. The van der Waals surface area contributed by atoms with E-state index >= 15 is 0 Å². The molecule has 2 atom stereocenters. The van der Waals surface area contributed by atoms with E-state index in [0.717, 1.165) is 30.6 Å². The van der Waals surface area contributed by atoms with E-state index in [9.17, 15) is 0 Å². The van der Waals surface area contributed by atoms with Gasteiger partial charge in [-0.2, -0.15) is 0 Å². The molecule has 21 heavy (non-hydrogen) atoms. The van der Waals surface area contributed by atoms with Crippen molar-refractivity contribution < 1.29 is 4.74 Å². The van der Waals surface area contributed by atoms with E-state index in [4.69, 9.17) is 4.74 Å². The maximum Gasteiger partial charge on any atom is 0.107 e. The fraction of sp³-hybridized carbons (Fsp3) is 0.824. The Hall–Kier alpha value is -0.450. The van der Waals surface area contributed by atoms with Crippen LogP contribution in [0, 0.1) is 17.8 Å². The van der Waals surface area contributed by atoms with Crippen molar-refractivity contribution in [3.8, 4) is 0 Å². The Kier molecular flexibility index (Phi) is 6.65. The van der Waals surface area contributed by atoms with Gasteiger partial charge in [-0.25, -0.2) is 4.98 Å². The van der Waals surface area contributed by atoms with Crippen LogP contribution in [0.3, 0.4) is 0 Å². The lowest BCUT2D eigenvalue weighted by molar-refractivity contribution is -0.0103. The van der Waals surface area contributed by atoms with E-state index in [1.54, 1.807) is 11.3 Å². The van der Waals surface area contributed by atoms with E-state index in [2.05, 4.69) is 43.4 Å². The second-order valence-electron chi connectivity index (χ2n) is 7.11.